The molecule has 0 saturated heterocycles. The minimum absolute atomic E-state index is 0.205. The normalized spacial score (nSPS) is 15.0. The van der Waals surface area contributed by atoms with E-state index in [1.807, 2.05) is 0 Å². The number of amides is 2. The number of hydrogen-bond donors (Lipinski definition) is 2. The van der Waals surface area contributed by atoms with E-state index < -0.39 is 12.0 Å². The fourth-order valence-corrected chi connectivity index (χ4v) is 2.25. The van der Waals surface area contributed by atoms with Crippen LogP contribution in [0.5, 0.6) is 0 Å². The maximum absolute atomic E-state index is 12.2. The number of rotatable bonds is 5. The van der Waals surface area contributed by atoms with E-state index in [0.29, 0.717) is 29.7 Å². The molecular weight excluding hydrogens is 274 g/mol. The van der Waals surface area contributed by atoms with Crippen LogP contribution in [0.3, 0.4) is 0 Å². The number of benzene rings is 1. The fraction of sp³-hybridized carbons (Fsp3) is 0.357. The summed E-state index contributed by atoms with van der Waals surface area (Å²) in [6, 6.07) is 3.88. The third-order valence-electron chi connectivity index (χ3n) is 3.40. The quantitative estimate of drug-likeness (QED) is 0.453. The van der Waals surface area contributed by atoms with Gasteiger partial charge < -0.3 is 16.2 Å². The first-order valence-electron chi connectivity index (χ1n) is 6.55. The summed E-state index contributed by atoms with van der Waals surface area (Å²) in [5.41, 5.74) is 12.3. The van der Waals surface area contributed by atoms with Crippen LogP contribution in [0.1, 0.15) is 33.6 Å². The number of fused-ring (bicyclic) bond motifs is 1. The number of anilines is 1. The van der Waals surface area contributed by atoms with E-state index in [9.17, 15) is 14.4 Å². The Morgan fingerprint density at radius 2 is 1.95 bits per heavy atom. The van der Waals surface area contributed by atoms with Gasteiger partial charge in [-0.2, -0.15) is 0 Å². The van der Waals surface area contributed by atoms with Gasteiger partial charge in [-0.1, -0.05) is 0 Å². The van der Waals surface area contributed by atoms with E-state index >= 15 is 0 Å². The van der Waals surface area contributed by atoms with Crippen molar-refractivity contribution < 1.29 is 19.1 Å². The minimum Gasteiger partial charge on any atom is -0.468 e. The molecule has 1 aliphatic rings. The summed E-state index contributed by atoms with van der Waals surface area (Å²) in [4.78, 5) is 36.6. The van der Waals surface area contributed by atoms with E-state index in [-0.39, 0.29) is 18.4 Å². The summed E-state index contributed by atoms with van der Waals surface area (Å²) in [6.07, 6.45) is 0.763. The van der Waals surface area contributed by atoms with Crippen LogP contribution in [0.15, 0.2) is 18.2 Å². The van der Waals surface area contributed by atoms with Gasteiger partial charge in [0.2, 0.25) is 0 Å². The second-order valence-corrected chi connectivity index (χ2v) is 4.84. The number of imide groups is 1. The zero-order valence-electron chi connectivity index (χ0n) is 11.7. The lowest BCUT2D eigenvalue weighted by atomic mass is 10.1. The number of nitrogen functional groups attached to an aromatic ring is 1. The monoisotopic (exact) mass is 291 g/mol. The molecule has 1 aromatic carbocycles. The summed E-state index contributed by atoms with van der Waals surface area (Å²) in [6.45, 7) is 0.205. The van der Waals surface area contributed by atoms with Crippen molar-refractivity contribution in [3.8, 4) is 0 Å². The number of carbonyl (C=O) groups is 3. The SMILES string of the molecule is COC(=O)[C@@H](N)CCCN1C(=O)c2ccc(N)cc2C1=O. The number of hydrogen-bond acceptors (Lipinski definition) is 6. The Morgan fingerprint density at radius 3 is 2.62 bits per heavy atom. The Hall–Kier alpha value is -2.41. The lowest BCUT2D eigenvalue weighted by Gasteiger charge is -2.15. The molecule has 0 unspecified atom stereocenters. The van der Waals surface area contributed by atoms with Gasteiger partial charge in [-0.05, 0) is 31.0 Å². The second-order valence-electron chi connectivity index (χ2n) is 4.84. The highest BCUT2D eigenvalue weighted by Crippen LogP contribution is 2.25. The van der Waals surface area contributed by atoms with E-state index in [0.717, 1.165) is 4.90 Å². The summed E-state index contributed by atoms with van der Waals surface area (Å²) in [7, 11) is 1.26. The van der Waals surface area contributed by atoms with Crippen molar-refractivity contribution in [2.45, 2.75) is 18.9 Å². The molecule has 0 aromatic heterocycles. The number of esters is 1. The van der Waals surface area contributed by atoms with Crippen molar-refractivity contribution in [3.63, 3.8) is 0 Å². The summed E-state index contributed by atoms with van der Waals surface area (Å²) >= 11 is 0. The van der Waals surface area contributed by atoms with Gasteiger partial charge in [0.15, 0.2) is 0 Å². The first-order chi connectivity index (χ1) is 9.95. The number of carbonyl (C=O) groups excluding carboxylic acids is 3. The first-order valence-corrected chi connectivity index (χ1v) is 6.55. The molecule has 2 rings (SSSR count). The highest BCUT2D eigenvalue weighted by molar-refractivity contribution is 6.21. The van der Waals surface area contributed by atoms with E-state index in [1.165, 1.54) is 13.2 Å². The standard InChI is InChI=1S/C14H17N3O4/c1-21-14(20)11(16)3-2-6-17-12(18)9-5-4-8(15)7-10(9)13(17)19/h4-5,7,11H,2-3,6,15-16H2,1H3/t11-/m0/s1. The number of ether oxygens (including phenoxy) is 1. The molecule has 7 nitrogen and oxygen atoms in total. The van der Waals surface area contributed by atoms with E-state index in [1.54, 1.807) is 12.1 Å². The molecule has 0 aliphatic carbocycles. The molecule has 7 heteroatoms. The maximum Gasteiger partial charge on any atom is 0.322 e. The lowest BCUT2D eigenvalue weighted by Crippen LogP contribution is -2.35. The molecule has 2 amide bonds. The number of nitrogens with two attached hydrogens (primary N) is 2. The molecule has 0 spiro atoms. The van der Waals surface area contributed by atoms with Crippen LogP contribution in [0, 0.1) is 0 Å². The van der Waals surface area contributed by atoms with Crippen LogP contribution in [-0.4, -0.2) is 42.4 Å². The summed E-state index contributed by atoms with van der Waals surface area (Å²) in [5.74, 6) is -1.22. The molecule has 0 bridgehead atoms. The molecule has 0 fully saturated rings. The van der Waals surface area contributed by atoms with Crippen LogP contribution in [0.25, 0.3) is 0 Å². The second kappa shape index (κ2) is 5.92. The van der Waals surface area contributed by atoms with Crippen LogP contribution >= 0.6 is 0 Å². The van der Waals surface area contributed by atoms with Gasteiger partial charge in [-0.25, -0.2) is 0 Å². The van der Waals surface area contributed by atoms with Crippen molar-refractivity contribution in [3.05, 3.63) is 29.3 Å². The molecule has 4 N–H and O–H groups in total. The average molecular weight is 291 g/mol. The van der Waals surface area contributed by atoms with Crippen molar-refractivity contribution in [2.75, 3.05) is 19.4 Å². The van der Waals surface area contributed by atoms with Crippen molar-refractivity contribution in [1.29, 1.82) is 0 Å². The van der Waals surface area contributed by atoms with Crippen molar-refractivity contribution in [2.24, 2.45) is 5.73 Å². The van der Waals surface area contributed by atoms with Gasteiger partial charge in [0, 0.05) is 12.2 Å². The molecule has 0 saturated carbocycles. The Kier molecular flexibility index (Phi) is 4.23. The van der Waals surface area contributed by atoms with Crippen LogP contribution in [0.2, 0.25) is 0 Å². The molecule has 1 aromatic rings. The zero-order valence-corrected chi connectivity index (χ0v) is 11.7. The molecule has 21 heavy (non-hydrogen) atoms. The smallest absolute Gasteiger partial charge is 0.322 e. The number of nitrogens with zero attached hydrogens (tertiary/aromatic N) is 1. The predicted molar refractivity (Wildman–Crippen MR) is 75.4 cm³/mol. The summed E-state index contributed by atoms with van der Waals surface area (Å²) < 4.78 is 4.52. The Bertz CT molecular complexity index is 600. The highest BCUT2D eigenvalue weighted by Gasteiger charge is 2.35. The molecule has 112 valence electrons. The molecule has 1 aliphatic heterocycles. The van der Waals surface area contributed by atoms with Crippen LogP contribution in [0.4, 0.5) is 5.69 Å². The molecular formula is C14H17N3O4. The third kappa shape index (κ3) is 2.87. The summed E-state index contributed by atoms with van der Waals surface area (Å²) in [5, 5.41) is 0. The number of methoxy groups -OCH3 is 1. The molecule has 1 atom stereocenters. The van der Waals surface area contributed by atoms with Crippen molar-refractivity contribution in [1.82, 2.24) is 4.90 Å². The Morgan fingerprint density at radius 1 is 1.29 bits per heavy atom. The fourth-order valence-electron chi connectivity index (χ4n) is 2.25. The van der Waals surface area contributed by atoms with Gasteiger partial charge in [-0.15, -0.1) is 0 Å². The predicted octanol–water partition coefficient (Wildman–Crippen LogP) is 0.145. The topological polar surface area (TPSA) is 116 Å². The van der Waals surface area contributed by atoms with Gasteiger partial charge >= 0.3 is 5.97 Å². The van der Waals surface area contributed by atoms with Gasteiger partial charge in [0.05, 0.1) is 18.2 Å². The Balaban J connectivity index is 1.99. The van der Waals surface area contributed by atoms with Gasteiger partial charge in [-0.3, -0.25) is 19.3 Å². The lowest BCUT2D eigenvalue weighted by molar-refractivity contribution is -0.142. The van der Waals surface area contributed by atoms with Crippen molar-refractivity contribution >= 4 is 23.5 Å². The van der Waals surface area contributed by atoms with Crippen LogP contribution in [-0.2, 0) is 9.53 Å². The maximum atomic E-state index is 12.2. The third-order valence-corrected chi connectivity index (χ3v) is 3.40. The first kappa shape index (κ1) is 15.0. The molecule has 1 heterocycles. The van der Waals surface area contributed by atoms with Gasteiger partial charge in [0.1, 0.15) is 6.04 Å². The largest absolute Gasteiger partial charge is 0.468 e. The molecule has 0 radical (unpaired) electrons. The average Bonchev–Trinajstić information content (AvgIpc) is 2.70. The zero-order chi connectivity index (χ0) is 15.6. The van der Waals surface area contributed by atoms with E-state index in [2.05, 4.69) is 4.74 Å². The van der Waals surface area contributed by atoms with E-state index in [4.69, 9.17) is 11.5 Å². The van der Waals surface area contributed by atoms with Crippen LogP contribution < -0.4 is 11.5 Å². The Labute approximate surface area is 121 Å². The van der Waals surface area contributed by atoms with Gasteiger partial charge in [0.25, 0.3) is 11.8 Å². The highest BCUT2D eigenvalue weighted by atomic mass is 16.5. The minimum atomic E-state index is -0.749.